The Balaban J connectivity index is 2.21. The minimum absolute atomic E-state index is 0.255. The third kappa shape index (κ3) is 3.12. The molecule has 0 aliphatic heterocycles. The first kappa shape index (κ1) is 14.0. The number of nitrogens with one attached hydrogen (secondary N) is 1. The highest BCUT2D eigenvalue weighted by Crippen LogP contribution is 2.24. The van der Waals surface area contributed by atoms with Crippen LogP contribution in [0.5, 0.6) is 0 Å². The molecule has 1 aromatic carbocycles. The predicted molar refractivity (Wildman–Crippen MR) is 80.1 cm³/mol. The van der Waals surface area contributed by atoms with Gasteiger partial charge in [0, 0.05) is 19.8 Å². The zero-order chi connectivity index (χ0) is 14.5. The van der Waals surface area contributed by atoms with Crippen LogP contribution in [0.2, 0.25) is 0 Å². The average molecular weight is 270 g/mol. The summed E-state index contributed by atoms with van der Waals surface area (Å²) < 4.78 is 0. The van der Waals surface area contributed by atoms with Gasteiger partial charge in [-0.25, -0.2) is 4.98 Å². The van der Waals surface area contributed by atoms with Crippen molar-refractivity contribution in [3.05, 3.63) is 48.0 Å². The lowest BCUT2D eigenvalue weighted by Crippen LogP contribution is -2.20. The first-order valence-electron chi connectivity index (χ1n) is 6.52. The van der Waals surface area contributed by atoms with E-state index in [1.165, 1.54) is 6.20 Å². The van der Waals surface area contributed by atoms with E-state index in [9.17, 15) is 4.79 Å². The lowest BCUT2D eigenvalue weighted by Gasteiger charge is -2.20. The molecule has 1 amide bonds. The highest BCUT2D eigenvalue weighted by atomic mass is 16.1. The quantitative estimate of drug-likeness (QED) is 0.927. The molecule has 2 aromatic rings. The van der Waals surface area contributed by atoms with Crippen LogP contribution in [0.25, 0.3) is 0 Å². The third-order valence-electron chi connectivity index (χ3n) is 3.05. The van der Waals surface area contributed by atoms with Gasteiger partial charge in [-0.05, 0) is 26.0 Å². The number of hydrogen-bond acceptors (Lipinski definition) is 4. The molecule has 2 rings (SSSR count). The van der Waals surface area contributed by atoms with Gasteiger partial charge in [0.05, 0.1) is 23.3 Å². The van der Waals surface area contributed by atoms with E-state index in [2.05, 4.69) is 27.1 Å². The number of para-hydroxylation sites is 2. The van der Waals surface area contributed by atoms with Crippen molar-refractivity contribution in [2.75, 3.05) is 23.8 Å². The molecule has 5 heteroatoms. The van der Waals surface area contributed by atoms with Gasteiger partial charge in [-0.15, -0.1) is 0 Å². The Morgan fingerprint density at radius 2 is 2.00 bits per heavy atom. The van der Waals surface area contributed by atoms with E-state index in [1.54, 1.807) is 6.20 Å². The number of amides is 1. The molecule has 0 atom stereocenters. The van der Waals surface area contributed by atoms with Gasteiger partial charge in [0.1, 0.15) is 5.69 Å². The molecule has 0 bridgehead atoms. The molecule has 1 aromatic heterocycles. The van der Waals surface area contributed by atoms with Crippen molar-refractivity contribution in [2.45, 2.75) is 13.8 Å². The summed E-state index contributed by atoms with van der Waals surface area (Å²) >= 11 is 0. The Kier molecular flexibility index (Phi) is 4.30. The van der Waals surface area contributed by atoms with Crippen molar-refractivity contribution >= 4 is 17.3 Å². The standard InChI is InChI=1S/C15H18N4O/c1-4-19(3)14-8-6-5-7-12(14)18-15(20)13-10-16-11(2)9-17-13/h5-10H,4H2,1-3H3,(H,18,20). The number of benzene rings is 1. The summed E-state index contributed by atoms with van der Waals surface area (Å²) in [5.74, 6) is -0.255. The van der Waals surface area contributed by atoms with Gasteiger partial charge in [-0.3, -0.25) is 9.78 Å². The summed E-state index contributed by atoms with van der Waals surface area (Å²) in [7, 11) is 1.98. The average Bonchev–Trinajstić information content (AvgIpc) is 2.47. The fourth-order valence-electron chi connectivity index (χ4n) is 1.78. The molecule has 1 heterocycles. The van der Waals surface area contributed by atoms with Crippen LogP contribution in [-0.4, -0.2) is 29.5 Å². The first-order chi connectivity index (χ1) is 9.61. The Labute approximate surface area is 118 Å². The van der Waals surface area contributed by atoms with E-state index in [-0.39, 0.29) is 5.91 Å². The highest BCUT2D eigenvalue weighted by Gasteiger charge is 2.11. The number of aromatic nitrogens is 2. The molecule has 0 fully saturated rings. The van der Waals surface area contributed by atoms with E-state index >= 15 is 0 Å². The number of hydrogen-bond donors (Lipinski definition) is 1. The molecule has 0 aliphatic carbocycles. The van der Waals surface area contributed by atoms with E-state index in [1.807, 2.05) is 38.2 Å². The van der Waals surface area contributed by atoms with Crippen LogP contribution in [0.15, 0.2) is 36.7 Å². The van der Waals surface area contributed by atoms with Crippen LogP contribution in [0.3, 0.4) is 0 Å². The summed E-state index contributed by atoms with van der Waals surface area (Å²) in [6.07, 6.45) is 3.07. The highest BCUT2D eigenvalue weighted by molar-refractivity contribution is 6.04. The van der Waals surface area contributed by atoms with E-state index in [0.717, 1.165) is 23.6 Å². The number of carbonyl (C=O) groups excluding carboxylic acids is 1. The molecule has 5 nitrogen and oxygen atoms in total. The third-order valence-corrected chi connectivity index (χ3v) is 3.05. The van der Waals surface area contributed by atoms with Gasteiger partial charge < -0.3 is 10.2 Å². The second-order valence-electron chi connectivity index (χ2n) is 4.53. The molecule has 0 saturated carbocycles. The maximum absolute atomic E-state index is 12.2. The molecule has 104 valence electrons. The molecule has 0 spiro atoms. The SMILES string of the molecule is CCN(C)c1ccccc1NC(=O)c1cnc(C)cn1. The second-order valence-corrected chi connectivity index (χ2v) is 4.53. The lowest BCUT2D eigenvalue weighted by molar-refractivity contribution is 0.102. The Morgan fingerprint density at radius 3 is 2.65 bits per heavy atom. The zero-order valence-electron chi connectivity index (χ0n) is 11.9. The molecule has 0 saturated heterocycles. The summed E-state index contributed by atoms with van der Waals surface area (Å²) in [6.45, 7) is 4.75. The van der Waals surface area contributed by atoms with Crippen molar-refractivity contribution in [3.63, 3.8) is 0 Å². The van der Waals surface area contributed by atoms with Gasteiger partial charge in [0.25, 0.3) is 5.91 Å². The van der Waals surface area contributed by atoms with Crippen LogP contribution in [-0.2, 0) is 0 Å². The summed E-state index contributed by atoms with van der Waals surface area (Å²) in [6, 6.07) is 7.69. The second kappa shape index (κ2) is 6.14. The van der Waals surface area contributed by atoms with Crippen LogP contribution < -0.4 is 10.2 Å². The molecule has 1 N–H and O–H groups in total. The number of anilines is 2. The topological polar surface area (TPSA) is 58.1 Å². The van der Waals surface area contributed by atoms with Crippen LogP contribution in [0.4, 0.5) is 11.4 Å². The van der Waals surface area contributed by atoms with Crippen LogP contribution in [0.1, 0.15) is 23.1 Å². The fourth-order valence-corrected chi connectivity index (χ4v) is 1.78. The van der Waals surface area contributed by atoms with Gasteiger partial charge in [0.15, 0.2) is 0 Å². The monoisotopic (exact) mass is 270 g/mol. The van der Waals surface area contributed by atoms with Gasteiger partial charge in [-0.1, -0.05) is 12.1 Å². The normalized spacial score (nSPS) is 10.2. The van der Waals surface area contributed by atoms with Crippen molar-refractivity contribution in [3.8, 4) is 0 Å². The maximum Gasteiger partial charge on any atom is 0.275 e. The fraction of sp³-hybridized carbons (Fsp3) is 0.267. The summed E-state index contributed by atoms with van der Waals surface area (Å²) in [4.78, 5) is 22.4. The lowest BCUT2D eigenvalue weighted by atomic mass is 10.2. The minimum atomic E-state index is -0.255. The largest absolute Gasteiger partial charge is 0.373 e. The van der Waals surface area contributed by atoms with E-state index in [0.29, 0.717) is 5.69 Å². The predicted octanol–water partition coefficient (Wildman–Crippen LogP) is 2.49. The van der Waals surface area contributed by atoms with Crippen molar-refractivity contribution in [1.29, 1.82) is 0 Å². The Hall–Kier alpha value is -2.43. The Morgan fingerprint density at radius 1 is 1.25 bits per heavy atom. The van der Waals surface area contributed by atoms with Gasteiger partial charge in [-0.2, -0.15) is 0 Å². The van der Waals surface area contributed by atoms with Gasteiger partial charge >= 0.3 is 0 Å². The number of rotatable bonds is 4. The molecular weight excluding hydrogens is 252 g/mol. The summed E-state index contributed by atoms with van der Waals surface area (Å²) in [5.41, 5.74) is 2.84. The molecule has 0 unspecified atom stereocenters. The van der Waals surface area contributed by atoms with Crippen molar-refractivity contribution in [2.24, 2.45) is 0 Å². The van der Waals surface area contributed by atoms with Gasteiger partial charge in [0.2, 0.25) is 0 Å². The molecule has 0 radical (unpaired) electrons. The number of aryl methyl sites for hydroxylation is 1. The summed E-state index contributed by atoms with van der Waals surface area (Å²) in [5, 5.41) is 2.88. The molecular formula is C15H18N4O. The minimum Gasteiger partial charge on any atom is -0.373 e. The van der Waals surface area contributed by atoms with E-state index < -0.39 is 0 Å². The smallest absolute Gasteiger partial charge is 0.275 e. The Bertz CT molecular complexity index is 595. The zero-order valence-corrected chi connectivity index (χ0v) is 11.9. The molecule has 0 aliphatic rings. The number of nitrogens with zero attached hydrogens (tertiary/aromatic N) is 3. The molecule has 20 heavy (non-hydrogen) atoms. The first-order valence-corrected chi connectivity index (χ1v) is 6.52. The maximum atomic E-state index is 12.2. The van der Waals surface area contributed by atoms with Crippen LogP contribution >= 0.6 is 0 Å². The van der Waals surface area contributed by atoms with Crippen LogP contribution in [0, 0.1) is 6.92 Å². The van der Waals surface area contributed by atoms with Crippen molar-refractivity contribution < 1.29 is 4.79 Å². The number of carbonyl (C=O) groups is 1. The van der Waals surface area contributed by atoms with Crippen molar-refractivity contribution in [1.82, 2.24) is 9.97 Å². The van der Waals surface area contributed by atoms with E-state index in [4.69, 9.17) is 0 Å².